The first kappa shape index (κ1) is 21.3. The van der Waals surface area contributed by atoms with E-state index in [1.165, 1.54) is 24.3 Å². The maximum atomic E-state index is 13.2. The number of nitrogens with zero attached hydrogens (tertiary/aromatic N) is 1. The van der Waals surface area contributed by atoms with Crippen molar-refractivity contribution in [3.8, 4) is 11.6 Å². The highest BCUT2D eigenvalue weighted by Crippen LogP contribution is 2.33. The van der Waals surface area contributed by atoms with Gasteiger partial charge in [0.1, 0.15) is 18.8 Å². The highest BCUT2D eigenvalue weighted by atomic mass is 32.2. The molecule has 1 aromatic carbocycles. The zero-order valence-electron chi connectivity index (χ0n) is 15.4. The lowest BCUT2D eigenvalue weighted by molar-refractivity contribution is -0.153. The van der Waals surface area contributed by atoms with Gasteiger partial charge in [0.25, 0.3) is 5.88 Å². The molecule has 0 bridgehead atoms. The Morgan fingerprint density at radius 1 is 1.24 bits per heavy atom. The summed E-state index contributed by atoms with van der Waals surface area (Å²) in [5.41, 5.74) is 0.558. The number of nitrogens with one attached hydrogen (secondary N) is 2. The van der Waals surface area contributed by atoms with E-state index in [-0.39, 0.29) is 11.7 Å². The molecule has 2 heterocycles. The van der Waals surface area contributed by atoms with Gasteiger partial charge >= 0.3 is 6.18 Å². The third kappa shape index (κ3) is 6.05. The van der Waals surface area contributed by atoms with Crippen molar-refractivity contribution < 1.29 is 31.1 Å². The lowest BCUT2D eigenvalue weighted by Gasteiger charge is -2.25. The minimum Gasteiger partial charge on any atom is -0.484 e. The third-order valence-corrected chi connectivity index (χ3v) is 4.78. The molecule has 0 fully saturated rings. The monoisotopic (exact) mass is 431 g/mol. The molecule has 2 N–H and O–H groups in total. The van der Waals surface area contributed by atoms with Gasteiger partial charge in [-0.1, -0.05) is 24.3 Å². The molecule has 158 valence electrons. The molecule has 0 spiro atoms. The summed E-state index contributed by atoms with van der Waals surface area (Å²) < 4.78 is 74.9. The van der Waals surface area contributed by atoms with E-state index < -0.39 is 22.2 Å². The Labute approximate surface area is 166 Å². The number of rotatable bonds is 7. The van der Waals surface area contributed by atoms with Gasteiger partial charge in [0, 0.05) is 19.3 Å². The van der Waals surface area contributed by atoms with Gasteiger partial charge in [-0.2, -0.15) is 17.9 Å². The Morgan fingerprint density at radius 3 is 2.62 bits per heavy atom. The first-order valence-corrected chi connectivity index (χ1v) is 10.6. The molecule has 0 saturated heterocycles. The lowest BCUT2D eigenvalue weighted by Crippen LogP contribution is -2.38. The molecule has 0 aliphatic carbocycles. The summed E-state index contributed by atoms with van der Waals surface area (Å²) in [4.78, 5) is 4.09. The Hall–Kier alpha value is -2.37. The molecule has 0 radical (unpaired) electrons. The molecule has 3 rings (SSSR count). The van der Waals surface area contributed by atoms with Crippen LogP contribution in [-0.4, -0.2) is 45.1 Å². The Morgan fingerprint density at radius 2 is 1.97 bits per heavy atom. The molecule has 1 aliphatic rings. The second kappa shape index (κ2) is 8.56. The van der Waals surface area contributed by atoms with Crippen molar-refractivity contribution in [2.45, 2.75) is 24.9 Å². The fourth-order valence-corrected chi connectivity index (χ4v) is 3.49. The molecule has 0 saturated carbocycles. The number of hydrogen-bond acceptors (Lipinski definition) is 6. The zero-order chi connectivity index (χ0) is 21.1. The van der Waals surface area contributed by atoms with Gasteiger partial charge in [-0.3, -0.25) is 0 Å². The largest absolute Gasteiger partial charge is 0.484 e. The van der Waals surface area contributed by atoms with Gasteiger partial charge in [-0.25, -0.2) is 13.4 Å². The van der Waals surface area contributed by atoms with Crippen LogP contribution in [-0.2, 0) is 16.6 Å². The first-order valence-electron chi connectivity index (χ1n) is 8.70. The van der Waals surface area contributed by atoms with Gasteiger partial charge in [0.2, 0.25) is 10.0 Å². The molecule has 2 atom stereocenters. The molecule has 1 aliphatic heterocycles. The highest BCUT2D eigenvalue weighted by molar-refractivity contribution is 7.88. The number of pyridine rings is 1. The summed E-state index contributed by atoms with van der Waals surface area (Å²) >= 11 is 0. The number of ether oxygens (including phenoxy) is 2. The number of fused-ring (bicyclic) bond motifs is 1. The van der Waals surface area contributed by atoms with Gasteiger partial charge in [-0.15, -0.1) is 0 Å². The summed E-state index contributed by atoms with van der Waals surface area (Å²) in [6.07, 6.45) is -2.70. The number of hydrogen-bond donors (Lipinski definition) is 2. The maximum absolute atomic E-state index is 13.2. The Bertz CT molecular complexity index is 936. The summed E-state index contributed by atoms with van der Waals surface area (Å²) in [7, 11) is -4.03. The summed E-state index contributed by atoms with van der Waals surface area (Å²) in [6.45, 7) is 1.21. The van der Waals surface area contributed by atoms with Crippen LogP contribution in [0, 0.1) is 0 Å². The molecule has 1 unspecified atom stereocenters. The van der Waals surface area contributed by atoms with Crippen molar-refractivity contribution in [1.82, 2.24) is 15.0 Å². The minimum absolute atomic E-state index is 0.182. The van der Waals surface area contributed by atoms with Gasteiger partial charge in [0.15, 0.2) is 5.75 Å². The lowest BCUT2D eigenvalue weighted by atomic mass is 10.1. The van der Waals surface area contributed by atoms with E-state index in [2.05, 4.69) is 10.3 Å². The van der Waals surface area contributed by atoms with Crippen molar-refractivity contribution >= 4 is 10.0 Å². The van der Waals surface area contributed by atoms with E-state index in [0.717, 1.165) is 5.56 Å². The second-order valence-electron chi connectivity index (χ2n) is 6.59. The molecule has 11 heteroatoms. The van der Waals surface area contributed by atoms with E-state index in [1.54, 1.807) is 23.1 Å². The second-order valence-corrected chi connectivity index (χ2v) is 8.37. The average molecular weight is 431 g/mol. The Kier molecular flexibility index (Phi) is 6.30. The highest BCUT2D eigenvalue weighted by Gasteiger charge is 2.42. The first-order chi connectivity index (χ1) is 13.6. The molecule has 1 aromatic heterocycles. The number of benzene rings is 1. The minimum atomic E-state index is -4.74. The fraction of sp³-hybridized carbons (Fsp3) is 0.389. The summed E-state index contributed by atoms with van der Waals surface area (Å²) in [5, 5.41) is 3.15. The van der Waals surface area contributed by atoms with Crippen LogP contribution in [0.3, 0.4) is 0 Å². The maximum Gasteiger partial charge on any atom is 0.408 e. The molecule has 29 heavy (non-hydrogen) atoms. The molecule has 7 nitrogen and oxygen atoms in total. The van der Waals surface area contributed by atoms with Crippen LogP contribution >= 0.6 is 0 Å². The van der Waals surface area contributed by atoms with E-state index in [0.29, 0.717) is 37.6 Å². The van der Waals surface area contributed by atoms with E-state index in [4.69, 9.17) is 9.47 Å². The normalized spacial score (nSPS) is 17.7. The van der Waals surface area contributed by atoms with Gasteiger partial charge < -0.3 is 14.8 Å². The van der Waals surface area contributed by atoms with Gasteiger partial charge in [-0.05, 0) is 23.3 Å². The van der Waals surface area contributed by atoms with Crippen LogP contribution < -0.4 is 19.5 Å². The summed E-state index contributed by atoms with van der Waals surface area (Å²) in [5.74, 6) is 1.01. The smallest absolute Gasteiger partial charge is 0.408 e. The van der Waals surface area contributed by atoms with Crippen molar-refractivity contribution in [2.24, 2.45) is 0 Å². The van der Waals surface area contributed by atoms with E-state index in [1.807, 2.05) is 0 Å². The standard InChI is InChI=1S/C18H20F3N3O4S/c1-29(25,26)24-16(18(19,20)21)13-6-4-12(5-7-13)9-22-10-14-11-27-15-3-2-8-23-17(15)28-14/h2-8,14,16,22,24H,9-11H2,1H3/t14-,16?/m0/s1. The zero-order valence-corrected chi connectivity index (χ0v) is 16.3. The SMILES string of the molecule is CS(=O)(=O)NC(c1ccc(CNC[C@H]2COc3cccnc3O2)cc1)C(F)(F)F. The van der Waals surface area contributed by atoms with Crippen LogP contribution in [0.25, 0.3) is 0 Å². The average Bonchev–Trinajstić information content (AvgIpc) is 2.65. The predicted molar refractivity (Wildman–Crippen MR) is 99.1 cm³/mol. The van der Waals surface area contributed by atoms with Crippen molar-refractivity contribution in [1.29, 1.82) is 0 Å². The fourth-order valence-electron chi connectivity index (χ4n) is 2.79. The number of aromatic nitrogens is 1. The van der Waals surface area contributed by atoms with Crippen molar-refractivity contribution in [2.75, 3.05) is 19.4 Å². The number of sulfonamides is 1. The van der Waals surface area contributed by atoms with E-state index in [9.17, 15) is 21.6 Å². The molecular formula is C18H20F3N3O4S. The topological polar surface area (TPSA) is 89.6 Å². The quantitative estimate of drug-likeness (QED) is 0.699. The number of halogens is 3. The van der Waals surface area contributed by atoms with Crippen LogP contribution in [0.4, 0.5) is 13.2 Å². The van der Waals surface area contributed by atoms with Gasteiger partial charge in [0.05, 0.1) is 6.26 Å². The molecule has 0 amide bonds. The van der Waals surface area contributed by atoms with Crippen LogP contribution in [0.1, 0.15) is 17.2 Å². The van der Waals surface area contributed by atoms with Crippen molar-refractivity contribution in [3.05, 3.63) is 53.7 Å². The molecule has 2 aromatic rings. The van der Waals surface area contributed by atoms with E-state index >= 15 is 0 Å². The van der Waals surface area contributed by atoms with Crippen molar-refractivity contribution in [3.63, 3.8) is 0 Å². The Balaban J connectivity index is 1.55. The van der Waals surface area contributed by atoms with Crippen LogP contribution in [0.2, 0.25) is 0 Å². The predicted octanol–water partition coefficient (Wildman–Crippen LogP) is 2.16. The summed E-state index contributed by atoms with van der Waals surface area (Å²) in [6, 6.07) is 6.77. The van der Waals surface area contributed by atoms with Crippen LogP contribution in [0.15, 0.2) is 42.6 Å². The third-order valence-electron chi connectivity index (χ3n) is 4.11. The molecular weight excluding hydrogens is 411 g/mol. The number of alkyl halides is 3. The van der Waals surface area contributed by atoms with Crippen LogP contribution in [0.5, 0.6) is 11.6 Å².